The molecular weight excluding hydrogens is 403 g/mol. The molecule has 0 bridgehead atoms. The van der Waals surface area contributed by atoms with Crippen LogP contribution in [0.25, 0.3) is 0 Å². The lowest BCUT2D eigenvalue weighted by molar-refractivity contribution is -0.147. The van der Waals surface area contributed by atoms with E-state index in [9.17, 15) is 14.4 Å². The van der Waals surface area contributed by atoms with Crippen LogP contribution in [0.1, 0.15) is 24.0 Å². The molecule has 0 aliphatic heterocycles. The number of rotatable bonds is 7. The SMILES string of the molecule is Cc1cc(C)cc(NC(=O)COC(=O)CCC(=O)Nc2cccc(Cl)c2Cl)c1. The summed E-state index contributed by atoms with van der Waals surface area (Å²) in [5, 5.41) is 5.78. The van der Waals surface area contributed by atoms with E-state index in [4.69, 9.17) is 27.9 Å². The van der Waals surface area contributed by atoms with Gasteiger partial charge in [-0.2, -0.15) is 0 Å². The molecule has 0 spiro atoms. The number of halogens is 2. The summed E-state index contributed by atoms with van der Waals surface area (Å²) in [5.41, 5.74) is 3.02. The van der Waals surface area contributed by atoms with Crippen LogP contribution >= 0.6 is 23.2 Å². The number of carbonyl (C=O) groups excluding carboxylic acids is 3. The molecular formula is C20H20Cl2N2O4. The minimum Gasteiger partial charge on any atom is -0.456 e. The van der Waals surface area contributed by atoms with Crippen molar-refractivity contribution in [1.82, 2.24) is 0 Å². The van der Waals surface area contributed by atoms with Crippen LogP contribution in [-0.2, 0) is 19.1 Å². The fourth-order valence-electron chi connectivity index (χ4n) is 2.49. The second-order valence-corrected chi connectivity index (χ2v) is 7.02. The van der Waals surface area contributed by atoms with Gasteiger partial charge in [-0.05, 0) is 49.2 Å². The number of aryl methyl sites for hydroxylation is 2. The first-order valence-electron chi connectivity index (χ1n) is 8.52. The Morgan fingerprint density at radius 3 is 2.29 bits per heavy atom. The van der Waals surface area contributed by atoms with Crippen molar-refractivity contribution in [2.45, 2.75) is 26.7 Å². The summed E-state index contributed by atoms with van der Waals surface area (Å²) < 4.78 is 4.90. The van der Waals surface area contributed by atoms with E-state index in [0.29, 0.717) is 16.4 Å². The summed E-state index contributed by atoms with van der Waals surface area (Å²) in [6, 6.07) is 10.5. The third kappa shape index (κ3) is 6.87. The van der Waals surface area contributed by atoms with E-state index in [-0.39, 0.29) is 17.9 Å². The molecule has 0 aliphatic carbocycles. The zero-order valence-electron chi connectivity index (χ0n) is 15.5. The maximum Gasteiger partial charge on any atom is 0.306 e. The Kier molecular flexibility index (Phi) is 7.84. The standard InChI is InChI=1S/C20H20Cl2N2O4/c1-12-8-13(2)10-14(9-12)23-18(26)11-28-19(27)7-6-17(25)24-16-5-3-4-15(21)20(16)22/h3-5,8-10H,6-7,11H2,1-2H3,(H,23,26)(H,24,25). The molecule has 2 N–H and O–H groups in total. The van der Waals surface area contributed by atoms with Crippen LogP contribution in [-0.4, -0.2) is 24.4 Å². The molecule has 2 aromatic rings. The number of nitrogens with one attached hydrogen (secondary N) is 2. The lowest BCUT2D eigenvalue weighted by Crippen LogP contribution is -2.22. The highest BCUT2D eigenvalue weighted by atomic mass is 35.5. The van der Waals surface area contributed by atoms with Gasteiger partial charge in [0.05, 0.1) is 22.2 Å². The fourth-order valence-corrected chi connectivity index (χ4v) is 2.84. The van der Waals surface area contributed by atoms with Crippen LogP contribution in [0.15, 0.2) is 36.4 Å². The second-order valence-electron chi connectivity index (χ2n) is 6.23. The average Bonchev–Trinajstić information content (AvgIpc) is 2.61. The molecule has 0 saturated carbocycles. The Balaban J connectivity index is 1.74. The van der Waals surface area contributed by atoms with Crippen molar-refractivity contribution in [2.24, 2.45) is 0 Å². The van der Waals surface area contributed by atoms with Gasteiger partial charge in [0, 0.05) is 12.1 Å². The molecule has 2 rings (SSSR count). The molecule has 28 heavy (non-hydrogen) atoms. The van der Waals surface area contributed by atoms with Gasteiger partial charge in [0.15, 0.2) is 6.61 Å². The molecule has 0 atom stereocenters. The van der Waals surface area contributed by atoms with Gasteiger partial charge in [-0.3, -0.25) is 14.4 Å². The van der Waals surface area contributed by atoms with Crippen LogP contribution < -0.4 is 10.6 Å². The molecule has 2 amide bonds. The van der Waals surface area contributed by atoms with Crippen LogP contribution in [0, 0.1) is 13.8 Å². The third-order valence-corrected chi connectivity index (χ3v) is 4.47. The average molecular weight is 423 g/mol. The van der Waals surface area contributed by atoms with E-state index in [1.807, 2.05) is 32.0 Å². The number of amides is 2. The first-order chi connectivity index (χ1) is 13.2. The Bertz CT molecular complexity index is 880. The van der Waals surface area contributed by atoms with E-state index in [1.165, 1.54) is 0 Å². The number of hydrogen-bond acceptors (Lipinski definition) is 4. The van der Waals surface area contributed by atoms with Crippen LogP contribution in [0.2, 0.25) is 10.0 Å². The Morgan fingerprint density at radius 2 is 1.61 bits per heavy atom. The van der Waals surface area contributed by atoms with Crippen LogP contribution in [0.4, 0.5) is 11.4 Å². The fraction of sp³-hybridized carbons (Fsp3) is 0.250. The predicted molar refractivity (Wildman–Crippen MR) is 110 cm³/mol. The number of benzene rings is 2. The van der Waals surface area contributed by atoms with Crippen molar-refractivity contribution < 1.29 is 19.1 Å². The van der Waals surface area contributed by atoms with Gasteiger partial charge >= 0.3 is 5.97 Å². The predicted octanol–water partition coefficient (Wildman–Crippen LogP) is 4.51. The van der Waals surface area contributed by atoms with E-state index in [2.05, 4.69) is 10.6 Å². The topological polar surface area (TPSA) is 84.5 Å². The van der Waals surface area contributed by atoms with Crippen molar-refractivity contribution in [3.05, 3.63) is 57.6 Å². The number of anilines is 2. The van der Waals surface area contributed by atoms with E-state index >= 15 is 0 Å². The number of esters is 1. The van der Waals surface area contributed by atoms with Gasteiger partial charge in [-0.25, -0.2) is 0 Å². The highest BCUT2D eigenvalue weighted by Gasteiger charge is 2.13. The lowest BCUT2D eigenvalue weighted by atomic mass is 10.1. The van der Waals surface area contributed by atoms with Crippen molar-refractivity contribution >= 4 is 52.4 Å². The summed E-state index contributed by atoms with van der Waals surface area (Å²) in [7, 11) is 0. The summed E-state index contributed by atoms with van der Waals surface area (Å²) >= 11 is 11.9. The monoisotopic (exact) mass is 422 g/mol. The Morgan fingerprint density at radius 1 is 0.929 bits per heavy atom. The van der Waals surface area contributed by atoms with Crippen molar-refractivity contribution in [2.75, 3.05) is 17.2 Å². The van der Waals surface area contributed by atoms with Gasteiger partial charge in [0.25, 0.3) is 5.91 Å². The Hall–Kier alpha value is -2.57. The zero-order valence-corrected chi connectivity index (χ0v) is 17.0. The van der Waals surface area contributed by atoms with Crippen LogP contribution in [0.3, 0.4) is 0 Å². The molecule has 0 saturated heterocycles. The maximum atomic E-state index is 11.9. The maximum absolute atomic E-state index is 11.9. The molecule has 0 heterocycles. The normalized spacial score (nSPS) is 10.3. The number of carbonyl (C=O) groups is 3. The molecule has 0 unspecified atom stereocenters. The van der Waals surface area contributed by atoms with Gasteiger partial charge < -0.3 is 15.4 Å². The van der Waals surface area contributed by atoms with E-state index in [0.717, 1.165) is 11.1 Å². The van der Waals surface area contributed by atoms with Gasteiger partial charge in [0.1, 0.15) is 0 Å². The zero-order chi connectivity index (χ0) is 20.7. The first kappa shape index (κ1) is 21.7. The molecule has 2 aromatic carbocycles. The minimum atomic E-state index is -0.650. The molecule has 0 fully saturated rings. The molecule has 8 heteroatoms. The summed E-state index contributed by atoms with van der Waals surface area (Å²) in [6.07, 6.45) is -0.277. The first-order valence-corrected chi connectivity index (χ1v) is 9.28. The van der Waals surface area contributed by atoms with E-state index < -0.39 is 24.4 Å². The van der Waals surface area contributed by atoms with Gasteiger partial charge in [0.2, 0.25) is 5.91 Å². The summed E-state index contributed by atoms with van der Waals surface area (Å²) in [4.78, 5) is 35.6. The highest BCUT2D eigenvalue weighted by molar-refractivity contribution is 6.44. The molecule has 0 aliphatic rings. The largest absolute Gasteiger partial charge is 0.456 e. The Labute approximate surface area is 173 Å². The molecule has 148 valence electrons. The van der Waals surface area contributed by atoms with Gasteiger partial charge in [-0.1, -0.05) is 35.3 Å². The van der Waals surface area contributed by atoms with Crippen molar-refractivity contribution in [1.29, 1.82) is 0 Å². The quantitative estimate of drug-likeness (QED) is 0.642. The van der Waals surface area contributed by atoms with E-state index in [1.54, 1.807) is 18.2 Å². The summed E-state index contributed by atoms with van der Waals surface area (Å²) in [6.45, 7) is 3.42. The number of ether oxygens (including phenoxy) is 1. The molecule has 0 aromatic heterocycles. The van der Waals surface area contributed by atoms with Crippen molar-refractivity contribution in [3.63, 3.8) is 0 Å². The lowest BCUT2D eigenvalue weighted by Gasteiger charge is -2.09. The summed E-state index contributed by atoms with van der Waals surface area (Å²) in [5.74, 6) is -1.52. The number of hydrogen-bond donors (Lipinski definition) is 2. The molecule has 0 radical (unpaired) electrons. The third-order valence-electron chi connectivity index (χ3n) is 3.65. The molecule has 6 nitrogen and oxygen atoms in total. The van der Waals surface area contributed by atoms with Crippen molar-refractivity contribution in [3.8, 4) is 0 Å². The van der Waals surface area contributed by atoms with Gasteiger partial charge in [-0.15, -0.1) is 0 Å². The highest BCUT2D eigenvalue weighted by Crippen LogP contribution is 2.29. The minimum absolute atomic E-state index is 0.111. The smallest absolute Gasteiger partial charge is 0.306 e. The second kappa shape index (κ2) is 10.1. The van der Waals surface area contributed by atoms with Crippen LogP contribution in [0.5, 0.6) is 0 Å².